The molecule has 0 amide bonds. The van der Waals surface area contributed by atoms with Crippen LogP contribution in [0.2, 0.25) is 0 Å². The van der Waals surface area contributed by atoms with E-state index in [1.807, 2.05) is 12.4 Å². The second-order valence-corrected chi connectivity index (χ2v) is 4.57. The third-order valence-corrected chi connectivity index (χ3v) is 3.50. The van der Waals surface area contributed by atoms with Crippen molar-refractivity contribution in [1.29, 1.82) is 0 Å². The summed E-state index contributed by atoms with van der Waals surface area (Å²) in [5.41, 5.74) is 1.08. The highest BCUT2D eigenvalue weighted by atomic mass is 16.3. The van der Waals surface area contributed by atoms with Crippen molar-refractivity contribution in [2.75, 3.05) is 11.9 Å². The van der Waals surface area contributed by atoms with Crippen molar-refractivity contribution in [2.45, 2.75) is 45.2 Å². The summed E-state index contributed by atoms with van der Waals surface area (Å²) in [4.78, 5) is 0. The molecule has 16 heavy (non-hydrogen) atoms. The Morgan fingerprint density at radius 3 is 3.19 bits per heavy atom. The first kappa shape index (κ1) is 11.5. The van der Waals surface area contributed by atoms with E-state index in [0.29, 0.717) is 12.6 Å². The molecule has 1 aromatic heterocycles. The lowest BCUT2D eigenvalue weighted by Gasteiger charge is -2.19. The highest BCUT2D eigenvalue weighted by molar-refractivity contribution is 5.39. The Morgan fingerprint density at radius 2 is 2.44 bits per heavy atom. The predicted molar refractivity (Wildman–Crippen MR) is 64.4 cm³/mol. The van der Waals surface area contributed by atoms with Gasteiger partial charge in [-0.1, -0.05) is 19.8 Å². The molecule has 2 unspecified atom stereocenters. The summed E-state index contributed by atoms with van der Waals surface area (Å²) in [6, 6.07) is 0.608. The van der Waals surface area contributed by atoms with Crippen LogP contribution in [0.15, 0.2) is 12.4 Å². The van der Waals surface area contributed by atoms with Gasteiger partial charge in [0.15, 0.2) is 0 Å². The van der Waals surface area contributed by atoms with Gasteiger partial charge in [-0.15, -0.1) is 0 Å². The van der Waals surface area contributed by atoms with E-state index in [-0.39, 0.29) is 6.61 Å². The fourth-order valence-electron chi connectivity index (χ4n) is 2.59. The van der Waals surface area contributed by atoms with E-state index in [4.69, 9.17) is 5.11 Å². The maximum absolute atomic E-state index is 8.81. The van der Waals surface area contributed by atoms with Crippen molar-refractivity contribution >= 4 is 5.69 Å². The average molecular weight is 223 g/mol. The van der Waals surface area contributed by atoms with Crippen molar-refractivity contribution in [1.82, 2.24) is 9.78 Å². The minimum Gasteiger partial charge on any atom is -0.394 e. The summed E-state index contributed by atoms with van der Waals surface area (Å²) in [6.07, 6.45) is 9.02. The van der Waals surface area contributed by atoms with Crippen LogP contribution in [0.5, 0.6) is 0 Å². The van der Waals surface area contributed by atoms with Gasteiger partial charge in [-0.3, -0.25) is 4.68 Å². The molecule has 1 fully saturated rings. The molecule has 0 radical (unpaired) electrons. The van der Waals surface area contributed by atoms with Gasteiger partial charge >= 0.3 is 0 Å². The third-order valence-electron chi connectivity index (χ3n) is 3.50. The predicted octanol–water partition coefficient (Wildman–Crippen LogP) is 1.87. The monoisotopic (exact) mass is 223 g/mol. The zero-order valence-electron chi connectivity index (χ0n) is 9.89. The second-order valence-electron chi connectivity index (χ2n) is 4.57. The van der Waals surface area contributed by atoms with Crippen LogP contribution in [0, 0.1) is 5.92 Å². The van der Waals surface area contributed by atoms with Crippen LogP contribution >= 0.6 is 0 Å². The molecule has 4 nitrogen and oxygen atoms in total. The first-order chi connectivity index (χ1) is 7.83. The number of aliphatic hydroxyl groups excluding tert-OH is 1. The van der Waals surface area contributed by atoms with Crippen LogP contribution in [0.1, 0.15) is 32.6 Å². The Labute approximate surface area is 96.7 Å². The Kier molecular flexibility index (Phi) is 3.83. The van der Waals surface area contributed by atoms with Gasteiger partial charge in [-0.25, -0.2) is 0 Å². The molecule has 0 bridgehead atoms. The zero-order valence-corrected chi connectivity index (χ0v) is 9.89. The van der Waals surface area contributed by atoms with Crippen molar-refractivity contribution in [3.05, 3.63) is 12.4 Å². The Morgan fingerprint density at radius 1 is 1.56 bits per heavy atom. The van der Waals surface area contributed by atoms with E-state index in [0.717, 1.165) is 11.6 Å². The van der Waals surface area contributed by atoms with Crippen molar-refractivity contribution in [3.8, 4) is 0 Å². The molecule has 2 N–H and O–H groups in total. The molecule has 4 heteroatoms. The lowest BCUT2D eigenvalue weighted by atomic mass is 10.0. The Hall–Kier alpha value is -1.03. The summed E-state index contributed by atoms with van der Waals surface area (Å²) in [6.45, 7) is 2.98. The number of nitrogens with one attached hydrogen (secondary N) is 1. The number of nitrogens with zero attached hydrogens (tertiary/aromatic N) is 2. The van der Waals surface area contributed by atoms with Gasteiger partial charge in [0, 0.05) is 12.2 Å². The number of hydrogen-bond donors (Lipinski definition) is 2. The summed E-state index contributed by atoms with van der Waals surface area (Å²) in [5, 5.41) is 16.6. The Bertz CT molecular complexity index is 324. The molecule has 2 atom stereocenters. The SMILES string of the molecule is CCC1CCCC1Nc1cnn(CCO)c1. The quantitative estimate of drug-likeness (QED) is 0.801. The molecule has 0 aliphatic heterocycles. The molecule has 0 spiro atoms. The summed E-state index contributed by atoms with van der Waals surface area (Å²) >= 11 is 0. The fraction of sp³-hybridized carbons (Fsp3) is 0.750. The van der Waals surface area contributed by atoms with Crippen LogP contribution in [-0.4, -0.2) is 27.5 Å². The number of hydrogen-bond acceptors (Lipinski definition) is 3. The lowest BCUT2D eigenvalue weighted by molar-refractivity contribution is 0.269. The average Bonchev–Trinajstić information content (AvgIpc) is 2.89. The molecule has 2 rings (SSSR count). The summed E-state index contributed by atoms with van der Waals surface area (Å²) in [5.74, 6) is 0.807. The highest BCUT2D eigenvalue weighted by Gasteiger charge is 2.25. The molecule has 1 aliphatic rings. The number of aromatic nitrogens is 2. The topological polar surface area (TPSA) is 50.1 Å². The minimum atomic E-state index is 0.141. The number of rotatable bonds is 5. The van der Waals surface area contributed by atoms with Gasteiger partial charge in [0.25, 0.3) is 0 Å². The van der Waals surface area contributed by atoms with Crippen LogP contribution in [0.25, 0.3) is 0 Å². The van der Waals surface area contributed by atoms with Crippen LogP contribution in [0.4, 0.5) is 5.69 Å². The largest absolute Gasteiger partial charge is 0.394 e. The van der Waals surface area contributed by atoms with Gasteiger partial charge < -0.3 is 10.4 Å². The summed E-state index contributed by atoms with van der Waals surface area (Å²) < 4.78 is 1.78. The molecule has 1 aliphatic carbocycles. The molecule has 1 aromatic rings. The Balaban J connectivity index is 1.92. The van der Waals surface area contributed by atoms with Gasteiger partial charge in [-0.05, 0) is 18.8 Å². The highest BCUT2D eigenvalue weighted by Crippen LogP contribution is 2.30. The maximum Gasteiger partial charge on any atom is 0.0728 e. The van der Waals surface area contributed by atoms with Crippen LogP contribution < -0.4 is 5.32 Å². The van der Waals surface area contributed by atoms with Gasteiger partial charge in [0.1, 0.15) is 0 Å². The van der Waals surface area contributed by atoms with E-state index in [1.54, 1.807) is 4.68 Å². The first-order valence-electron chi connectivity index (χ1n) is 6.23. The van der Waals surface area contributed by atoms with Crippen LogP contribution in [-0.2, 0) is 6.54 Å². The smallest absolute Gasteiger partial charge is 0.0728 e. The van der Waals surface area contributed by atoms with E-state index in [1.165, 1.54) is 25.7 Å². The van der Waals surface area contributed by atoms with Gasteiger partial charge in [-0.2, -0.15) is 5.10 Å². The number of aliphatic hydroxyl groups is 1. The normalized spacial score (nSPS) is 24.9. The first-order valence-corrected chi connectivity index (χ1v) is 6.23. The molecular formula is C12H21N3O. The maximum atomic E-state index is 8.81. The van der Waals surface area contributed by atoms with Crippen molar-refractivity contribution in [3.63, 3.8) is 0 Å². The molecular weight excluding hydrogens is 202 g/mol. The van der Waals surface area contributed by atoms with Crippen molar-refractivity contribution in [2.24, 2.45) is 5.92 Å². The van der Waals surface area contributed by atoms with Gasteiger partial charge in [0.2, 0.25) is 0 Å². The molecule has 1 saturated carbocycles. The van der Waals surface area contributed by atoms with Gasteiger partial charge in [0.05, 0.1) is 25.0 Å². The van der Waals surface area contributed by atoms with Crippen molar-refractivity contribution < 1.29 is 5.11 Å². The molecule has 0 saturated heterocycles. The van der Waals surface area contributed by atoms with Crippen LogP contribution in [0.3, 0.4) is 0 Å². The third kappa shape index (κ3) is 2.55. The summed E-state index contributed by atoms with van der Waals surface area (Å²) in [7, 11) is 0. The zero-order chi connectivity index (χ0) is 11.4. The minimum absolute atomic E-state index is 0.141. The van der Waals surface area contributed by atoms with E-state index in [2.05, 4.69) is 17.3 Å². The lowest BCUT2D eigenvalue weighted by Crippen LogP contribution is -2.23. The van der Waals surface area contributed by atoms with E-state index < -0.39 is 0 Å². The van der Waals surface area contributed by atoms with E-state index >= 15 is 0 Å². The number of anilines is 1. The molecule has 1 heterocycles. The fourth-order valence-corrected chi connectivity index (χ4v) is 2.59. The van der Waals surface area contributed by atoms with E-state index in [9.17, 15) is 0 Å². The molecule has 90 valence electrons. The standard InChI is InChI=1S/C12H21N3O/c1-2-10-4-3-5-12(10)14-11-8-13-15(9-11)6-7-16/h8-10,12,14,16H,2-7H2,1H3. The second kappa shape index (κ2) is 5.34. The molecule has 0 aromatic carbocycles.